The average molecular weight is 300 g/mol. The summed E-state index contributed by atoms with van der Waals surface area (Å²) in [5, 5.41) is 2.86. The summed E-state index contributed by atoms with van der Waals surface area (Å²) >= 11 is 0. The second-order valence-corrected chi connectivity index (χ2v) is 5.95. The van der Waals surface area contributed by atoms with Crippen molar-refractivity contribution in [2.75, 3.05) is 6.54 Å². The van der Waals surface area contributed by atoms with Crippen molar-refractivity contribution in [1.82, 2.24) is 20.2 Å². The zero-order valence-corrected chi connectivity index (χ0v) is 11.9. The Balaban J connectivity index is 1.70. The monoisotopic (exact) mass is 300 g/mol. The first-order valence-corrected chi connectivity index (χ1v) is 7.43. The summed E-state index contributed by atoms with van der Waals surface area (Å²) in [6.07, 6.45) is 2.15. The molecule has 7 nitrogen and oxygen atoms in total. The Kier molecular flexibility index (Phi) is 2.82. The van der Waals surface area contributed by atoms with E-state index in [-0.39, 0.29) is 29.6 Å². The molecule has 2 saturated heterocycles. The Hall–Kier alpha value is -2.57. The van der Waals surface area contributed by atoms with Crippen molar-refractivity contribution in [1.29, 1.82) is 0 Å². The second kappa shape index (κ2) is 4.72. The molecule has 2 aromatic rings. The molecule has 4 rings (SSSR count). The predicted octanol–water partition coefficient (Wildman–Crippen LogP) is 0.349. The lowest BCUT2D eigenvalue weighted by Gasteiger charge is -2.27. The van der Waals surface area contributed by atoms with Gasteiger partial charge < -0.3 is 20.2 Å². The lowest BCUT2D eigenvalue weighted by atomic mass is 10.1. The normalized spacial score (nSPS) is 24.4. The van der Waals surface area contributed by atoms with Crippen LogP contribution in [0.2, 0.25) is 0 Å². The maximum absolute atomic E-state index is 12.9. The van der Waals surface area contributed by atoms with E-state index < -0.39 is 0 Å². The molecular formula is C15H16N4O3. The van der Waals surface area contributed by atoms with Crippen molar-refractivity contribution in [3.63, 3.8) is 0 Å². The van der Waals surface area contributed by atoms with Crippen molar-refractivity contribution in [2.45, 2.75) is 31.3 Å². The molecule has 3 N–H and O–H groups in total. The molecular weight excluding hydrogens is 284 g/mol. The average Bonchev–Trinajstić information content (AvgIpc) is 3.00. The standard InChI is InChI=1S/C15H16N4O3/c20-13-6-9-2-3-10(7-16-13)19(9)14(21)8-1-4-11-12(5-8)18-15(22)17-11/h1,4-5,9-10H,2-3,6-7H2,(H,16,20)(H2,17,18,22)/t9-,10+/m0/s1. The van der Waals surface area contributed by atoms with Crippen LogP contribution < -0.4 is 11.0 Å². The SMILES string of the molecule is O=C1C[C@@H]2CC[C@H](CN1)N2C(=O)c1ccc2[nH]c(=O)[nH]c2c1. The number of imidazole rings is 1. The number of carbonyl (C=O) groups excluding carboxylic acids is 2. The lowest BCUT2D eigenvalue weighted by molar-refractivity contribution is -0.121. The number of amides is 2. The highest BCUT2D eigenvalue weighted by Crippen LogP contribution is 2.30. The maximum atomic E-state index is 12.9. The molecule has 0 unspecified atom stereocenters. The number of nitrogens with one attached hydrogen (secondary N) is 3. The molecule has 2 aliphatic heterocycles. The fraction of sp³-hybridized carbons (Fsp3) is 0.400. The zero-order chi connectivity index (χ0) is 15.3. The van der Waals surface area contributed by atoms with E-state index in [1.54, 1.807) is 18.2 Å². The topological polar surface area (TPSA) is 98.1 Å². The Labute approximate surface area is 125 Å². The summed E-state index contributed by atoms with van der Waals surface area (Å²) in [7, 11) is 0. The van der Waals surface area contributed by atoms with Gasteiger partial charge in [0, 0.05) is 30.6 Å². The van der Waals surface area contributed by atoms with Crippen LogP contribution in [0.3, 0.4) is 0 Å². The third-order valence-corrected chi connectivity index (χ3v) is 4.57. The molecule has 0 spiro atoms. The number of hydrogen-bond donors (Lipinski definition) is 3. The maximum Gasteiger partial charge on any atom is 0.323 e. The molecule has 2 bridgehead atoms. The van der Waals surface area contributed by atoms with Crippen molar-refractivity contribution >= 4 is 22.8 Å². The Bertz CT molecular complexity index is 822. The van der Waals surface area contributed by atoms with E-state index in [1.165, 1.54) is 0 Å². The number of carbonyl (C=O) groups is 2. The number of rotatable bonds is 1. The molecule has 3 heterocycles. The number of nitrogens with zero attached hydrogens (tertiary/aromatic N) is 1. The van der Waals surface area contributed by atoms with E-state index in [0.717, 1.165) is 12.8 Å². The van der Waals surface area contributed by atoms with Gasteiger partial charge in [-0.2, -0.15) is 0 Å². The summed E-state index contributed by atoms with van der Waals surface area (Å²) in [5.74, 6) is -0.0663. The minimum Gasteiger partial charge on any atom is -0.354 e. The number of fused-ring (bicyclic) bond motifs is 3. The molecule has 0 aliphatic carbocycles. The molecule has 1 aromatic carbocycles. The number of H-pyrrole nitrogens is 2. The quantitative estimate of drug-likeness (QED) is 0.708. The smallest absolute Gasteiger partial charge is 0.323 e. The van der Waals surface area contributed by atoms with Gasteiger partial charge in [0.1, 0.15) is 0 Å². The van der Waals surface area contributed by atoms with Gasteiger partial charge >= 0.3 is 5.69 Å². The molecule has 22 heavy (non-hydrogen) atoms. The minimum atomic E-state index is -0.288. The lowest BCUT2D eigenvalue weighted by Crippen LogP contribution is -2.42. The molecule has 2 aliphatic rings. The second-order valence-electron chi connectivity index (χ2n) is 5.95. The third-order valence-electron chi connectivity index (χ3n) is 4.57. The highest BCUT2D eigenvalue weighted by molar-refractivity contribution is 5.98. The van der Waals surface area contributed by atoms with Gasteiger partial charge in [0.25, 0.3) is 5.91 Å². The molecule has 1 aromatic heterocycles. The Morgan fingerprint density at radius 2 is 1.86 bits per heavy atom. The van der Waals surface area contributed by atoms with Crippen molar-refractivity contribution in [3.05, 3.63) is 34.2 Å². The van der Waals surface area contributed by atoms with Gasteiger partial charge in [-0.25, -0.2) is 4.79 Å². The molecule has 7 heteroatoms. The van der Waals surface area contributed by atoms with Crippen molar-refractivity contribution in [3.8, 4) is 0 Å². The number of aromatic nitrogens is 2. The predicted molar refractivity (Wildman–Crippen MR) is 79.5 cm³/mol. The number of aromatic amines is 2. The molecule has 2 fully saturated rings. The van der Waals surface area contributed by atoms with Gasteiger partial charge in [-0.15, -0.1) is 0 Å². The summed E-state index contributed by atoms with van der Waals surface area (Å²) in [4.78, 5) is 43.0. The van der Waals surface area contributed by atoms with E-state index in [4.69, 9.17) is 0 Å². The van der Waals surface area contributed by atoms with Crippen LogP contribution in [0.4, 0.5) is 0 Å². The van der Waals surface area contributed by atoms with E-state index in [0.29, 0.717) is 29.6 Å². The molecule has 0 saturated carbocycles. The van der Waals surface area contributed by atoms with Gasteiger partial charge in [0.15, 0.2) is 0 Å². The van der Waals surface area contributed by atoms with Gasteiger partial charge in [-0.05, 0) is 31.0 Å². The Morgan fingerprint density at radius 1 is 1.09 bits per heavy atom. The first kappa shape index (κ1) is 13.1. The van der Waals surface area contributed by atoms with Gasteiger partial charge in [-0.1, -0.05) is 0 Å². The number of benzene rings is 1. The highest BCUT2D eigenvalue weighted by atomic mass is 16.2. The van der Waals surface area contributed by atoms with Gasteiger partial charge in [-0.3, -0.25) is 9.59 Å². The molecule has 2 amide bonds. The van der Waals surface area contributed by atoms with Crippen LogP contribution in [-0.4, -0.2) is 45.3 Å². The molecule has 2 atom stereocenters. The summed E-state index contributed by atoms with van der Waals surface area (Å²) in [6, 6.07) is 5.16. The van der Waals surface area contributed by atoms with E-state index >= 15 is 0 Å². The van der Waals surface area contributed by atoms with Crippen LogP contribution in [0.15, 0.2) is 23.0 Å². The minimum absolute atomic E-state index is 0.00965. The van der Waals surface area contributed by atoms with Crippen LogP contribution >= 0.6 is 0 Å². The Morgan fingerprint density at radius 3 is 2.73 bits per heavy atom. The first-order chi connectivity index (χ1) is 10.6. The summed E-state index contributed by atoms with van der Waals surface area (Å²) in [6.45, 7) is 0.518. The number of hydrogen-bond acceptors (Lipinski definition) is 3. The van der Waals surface area contributed by atoms with E-state index in [1.807, 2.05) is 4.90 Å². The van der Waals surface area contributed by atoms with Gasteiger partial charge in [0.05, 0.1) is 11.0 Å². The third kappa shape index (κ3) is 2.01. The van der Waals surface area contributed by atoms with E-state index in [9.17, 15) is 14.4 Å². The van der Waals surface area contributed by atoms with Crippen LogP contribution in [0.5, 0.6) is 0 Å². The molecule has 0 radical (unpaired) electrons. The van der Waals surface area contributed by atoms with Crippen molar-refractivity contribution in [2.24, 2.45) is 0 Å². The van der Waals surface area contributed by atoms with Crippen LogP contribution in [0, 0.1) is 0 Å². The van der Waals surface area contributed by atoms with Crippen LogP contribution in [-0.2, 0) is 4.79 Å². The first-order valence-electron chi connectivity index (χ1n) is 7.43. The van der Waals surface area contributed by atoms with Crippen molar-refractivity contribution < 1.29 is 9.59 Å². The highest BCUT2D eigenvalue weighted by Gasteiger charge is 2.40. The fourth-order valence-electron chi connectivity index (χ4n) is 3.53. The summed E-state index contributed by atoms with van der Waals surface area (Å²) in [5.41, 5.74) is 1.54. The summed E-state index contributed by atoms with van der Waals surface area (Å²) < 4.78 is 0. The van der Waals surface area contributed by atoms with Crippen LogP contribution in [0.1, 0.15) is 29.6 Å². The fourth-order valence-corrected chi connectivity index (χ4v) is 3.53. The molecule has 114 valence electrons. The largest absolute Gasteiger partial charge is 0.354 e. The van der Waals surface area contributed by atoms with Crippen LogP contribution in [0.25, 0.3) is 11.0 Å². The van der Waals surface area contributed by atoms with E-state index in [2.05, 4.69) is 15.3 Å². The van der Waals surface area contributed by atoms with Gasteiger partial charge in [0.2, 0.25) is 5.91 Å². The zero-order valence-electron chi connectivity index (χ0n) is 11.9.